The average molecular weight is 267 g/mol. The standard InChI is InChI=1S/C18H21NO/c1-13-5-3-4-6-14(13)12-17(19-2)15-7-8-18-16(11-15)9-10-20-18/h3-8,11,17,19H,9-10,12H2,1-2H3. The summed E-state index contributed by atoms with van der Waals surface area (Å²) in [4.78, 5) is 0. The van der Waals surface area contributed by atoms with Crippen molar-refractivity contribution in [3.63, 3.8) is 0 Å². The van der Waals surface area contributed by atoms with Gasteiger partial charge in [0.05, 0.1) is 6.61 Å². The Balaban J connectivity index is 1.85. The summed E-state index contributed by atoms with van der Waals surface area (Å²) in [5, 5.41) is 3.44. The molecular formula is C18H21NO. The van der Waals surface area contributed by atoms with E-state index in [-0.39, 0.29) is 0 Å². The molecule has 0 amide bonds. The van der Waals surface area contributed by atoms with E-state index in [4.69, 9.17) is 4.74 Å². The molecule has 1 unspecified atom stereocenters. The van der Waals surface area contributed by atoms with Gasteiger partial charge in [0, 0.05) is 12.5 Å². The minimum absolute atomic E-state index is 0.349. The maximum atomic E-state index is 5.58. The summed E-state index contributed by atoms with van der Waals surface area (Å²) in [5.74, 6) is 1.06. The Kier molecular flexibility index (Phi) is 3.75. The van der Waals surface area contributed by atoms with Crippen molar-refractivity contribution >= 4 is 0 Å². The summed E-state index contributed by atoms with van der Waals surface area (Å²) in [7, 11) is 2.03. The van der Waals surface area contributed by atoms with Crippen LogP contribution in [0.3, 0.4) is 0 Å². The van der Waals surface area contributed by atoms with Gasteiger partial charge in [-0.2, -0.15) is 0 Å². The predicted octanol–water partition coefficient (Wildman–Crippen LogP) is 3.43. The van der Waals surface area contributed by atoms with Crippen molar-refractivity contribution in [2.24, 2.45) is 0 Å². The van der Waals surface area contributed by atoms with E-state index < -0.39 is 0 Å². The highest BCUT2D eigenvalue weighted by molar-refractivity contribution is 5.41. The van der Waals surface area contributed by atoms with Crippen LogP contribution in [0.15, 0.2) is 42.5 Å². The first kappa shape index (κ1) is 13.2. The maximum Gasteiger partial charge on any atom is 0.122 e. The van der Waals surface area contributed by atoms with Crippen molar-refractivity contribution < 1.29 is 4.74 Å². The molecule has 104 valence electrons. The van der Waals surface area contributed by atoms with Crippen molar-refractivity contribution in [1.82, 2.24) is 5.32 Å². The maximum absolute atomic E-state index is 5.58. The molecule has 1 N–H and O–H groups in total. The van der Waals surface area contributed by atoms with Crippen LogP contribution in [0.2, 0.25) is 0 Å². The quantitative estimate of drug-likeness (QED) is 0.916. The molecule has 2 nitrogen and oxygen atoms in total. The Bertz CT molecular complexity index is 606. The number of hydrogen-bond donors (Lipinski definition) is 1. The summed E-state index contributed by atoms with van der Waals surface area (Å²) in [6.07, 6.45) is 2.05. The van der Waals surface area contributed by atoms with E-state index in [0.717, 1.165) is 25.2 Å². The highest BCUT2D eigenvalue weighted by atomic mass is 16.5. The molecule has 0 aromatic heterocycles. The lowest BCUT2D eigenvalue weighted by Gasteiger charge is -2.18. The Labute approximate surface area is 120 Å². The van der Waals surface area contributed by atoms with Gasteiger partial charge in [-0.1, -0.05) is 36.4 Å². The Morgan fingerprint density at radius 1 is 1.20 bits per heavy atom. The molecule has 0 fully saturated rings. The zero-order valence-corrected chi connectivity index (χ0v) is 12.1. The molecule has 1 aliphatic rings. The highest BCUT2D eigenvalue weighted by Crippen LogP contribution is 2.29. The van der Waals surface area contributed by atoms with Crippen molar-refractivity contribution in [2.45, 2.75) is 25.8 Å². The number of hydrogen-bond acceptors (Lipinski definition) is 2. The minimum atomic E-state index is 0.349. The monoisotopic (exact) mass is 267 g/mol. The zero-order chi connectivity index (χ0) is 13.9. The van der Waals surface area contributed by atoms with Gasteiger partial charge in [0.15, 0.2) is 0 Å². The average Bonchev–Trinajstić information content (AvgIpc) is 2.94. The summed E-state index contributed by atoms with van der Waals surface area (Å²) in [5.41, 5.74) is 5.45. The Hall–Kier alpha value is -1.80. The second-order valence-corrected chi connectivity index (χ2v) is 5.44. The molecule has 0 spiro atoms. The molecule has 1 atom stereocenters. The first-order valence-corrected chi connectivity index (χ1v) is 7.25. The predicted molar refractivity (Wildman–Crippen MR) is 82.3 cm³/mol. The van der Waals surface area contributed by atoms with Crippen LogP contribution in [0.1, 0.15) is 28.3 Å². The van der Waals surface area contributed by atoms with Crippen LogP contribution in [0.25, 0.3) is 0 Å². The van der Waals surface area contributed by atoms with Crippen LogP contribution >= 0.6 is 0 Å². The summed E-state index contributed by atoms with van der Waals surface area (Å²) >= 11 is 0. The Morgan fingerprint density at radius 3 is 2.85 bits per heavy atom. The molecule has 2 heteroatoms. The molecule has 0 saturated carbocycles. The van der Waals surface area contributed by atoms with Crippen molar-refractivity contribution in [1.29, 1.82) is 0 Å². The van der Waals surface area contributed by atoms with E-state index in [1.54, 1.807) is 0 Å². The van der Waals surface area contributed by atoms with Gasteiger partial charge < -0.3 is 10.1 Å². The topological polar surface area (TPSA) is 21.3 Å². The number of rotatable bonds is 4. The third kappa shape index (κ3) is 2.56. The van der Waals surface area contributed by atoms with Crippen LogP contribution in [-0.2, 0) is 12.8 Å². The lowest BCUT2D eigenvalue weighted by molar-refractivity contribution is 0.356. The molecule has 20 heavy (non-hydrogen) atoms. The van der Waals surface area contributed by atoms with E-state index in [2.05, 4.69) is 54.7 Å². The van der Waals surface area contributed by atoms with E-state index in [1.165, 1.54) is 22.3 Å². The lowest BCUT2D eigenvalue weighted by atomic mass is 9.95. The number of nitrogens with one attached hydrogen (secondary N) is 1. The van der Waals surface area contributed by atoms with Gasteiger partial charge in [-0.3, -0.25) is 0 Å². The summed E-state index contributed by atoms with van der Waals surface area (Å²) in [6.45, 7) is 3.00. The SMILES string of the molecule is CNC(Cc1ccccc1C)c1ccc2c(c1)CCO2. The molecule has 3 rings (SSSR count). The van der Waals surface area contributed by atoms with Gasteiger partial charge in [0.25, 0.3) is 0 Å². The summed E-state index contributed by atoms with van der Waals surface area (Å²) < 4.78 is 5.58. The molecule has 0 bridgehead atoms. The molecular weight excluding hydrogens is 246 g/mol. The molecule has 0 aliphatic carbocycles. The van der Waals surface area contributed by atoms with Gasteiger partial charge >= 0.3 is 0 Å². The molecule has 2 aromatic rings. The first-order chi connectivity index (χ1) is 9.78. The Morgan fingerprint density at radius 2 is 2.05 bits per heavy atom. The van der Waals surface area contributed by atoms with Crippen LogP contribution in [0.5, 0.6) is 5.75 Å². The van der Waals surface area contributed by atoms with Crippen LogP contribution < -0.4 is 10.1 Å². The number of benzene rings is 2. The van der Waals surface area contributed by atoms with E-state index in [0.29, 0.717) is 6.04 Å². The number of aryl methyl sites for hydroxylation is 1. The third-order valence-corrected chi connectivity index (χ3v) is 4.15. The van der Waals surface area contributed by atoms with Crippen molar-refractivity contribution in [3.05, 3.63) is 64.7 Å². The second kappa shape index (κ2) is 5.68. The third-order valence-electron chi connectivity index (χ3n) is 4.15. The zero-order valence-electron chi connectivity index (χ0n) is 12.1. The van der Waals surface area contributed by atoms with Gasteiger partial charge in [0.2, 0.25) is 0 Å². The second-order valence-electron chi connectivity index (χ2n) is 5.44. The van der Waals surface area contributed by atoms with Crippen LogP contribution in [0, 0.1) is 6.92 Å². The van der Waals surface area contributed by atoms with Gasteiger partial charge in [0.1, 0.15) is 5.75 Å². The van der Waals surface area contributed by atoms with Gasteiger partial charge in [-0.15, -0.1) is 0 Å². The van der Waals surface area contributed by atoms with Crippen molar-refractivity contribution in [3.8, 4) is 5.75 Å². The lowest BCUT2D eigenvalue weighted by Crippen LogP contribution is -2.19. The van der Waals surface area contributed by atoms with Gasteiger partial charge in [-0.05, 0) is 48.7 Å². The molecule has 1 aliphatic heterocycles. The number of likely N-dealkylation sites (N-methyl/N-ethyl adjacent to an activating group) is 1. The highest BCUT2D eigenvalue weighted by Gasteiger charge is 2.16. The molecule has 2 aromatic carbocycles. The molecule has 0 radical (unpaired) electrons. The largest absolute Gasteiger partial charge is 0.493 e. The van der Waals surface area contributed by atoms with Crippen LogP contribution in [-0.4, -0.2) is 13.7 Å². The normalized spacial score (nSPS) is 14.7. The fraction of sp³-hybridized carbons (Fsp3) is 0.333. The number of fused-ring (bicyclic) bond motifs is 1. The fourth-order valence-electron chi connectivity index (χ4n) is 2.87. The molecule has 1 heterocycles. The number of ether oxygens (including phenoxy) is 1. The van der Waals surface area contributed by atoms with E-state index in [1.807, 2.05) is 7.05 Å². The van der Waals surface area contributed by atoms with Gasteiger partial charge in [-0.25, -0.2) is 0 Å². The molecule has 0 saturated heterocycles. The first-order valence-electron chi connectivity index (χ1n) is 7.25. The van der Waals surface area contributed by atoms with Crippen molar-refractivity contribution in [2.75, 3.05) is 13.7 Å². The minimum Gasteiger partial charge on any atom is -0.493 e. The van der Waals surface area contributed by atoms with E-state index in [9.17, 15) is 0 Å². The van der Waals surface area contributed by atoms with E-state index >= 15 is 0 Å². The summed E-state index contributed by atoms with van der Waals surface area (Å²) in [6, 6.07) is 15.5. The van der Waals surface area contributed by atoms with Crippen LogP contribution in [0.4, 0.5) is 0 Å². The fourth-order valence-corrected chi connectivity index (χ4v) is 2.87. The smallest absolute Gasteiger partial charge is 0.122 e.